The topological polar surface area (TPSA) is 55.8 Å². The lowest BCUT2D eigenvalue weighted by Crippen LogP contribution is -2.57. The quantitative estimate of drug-likeness (QED) is 0.848. The zero-order valence-corrected chi connectivity index (χ0v) is 13.7. The first-order chi connectivity index (χ1) is 10.6. The number of benzene rings is 1. The van der Waals surface area contributed by atoms with Crippen molar-refractivity contribution in [3.8, 4) is 0 Å². The zero-order chi connectivity index (χ0) is 15.6. The van der Waals surface area contributed by atoms with Gasteiger partial charge in [0.05, 0.1) is 17.6 Å². The average Bonchev–Trinajstić information content (AvgIpc) is 2.55. The lowest BCUT2D eigenvalue weighted by atomic mass is 9.73. The summed E-state index contributed by atoms with van der Waals surface area (Å²) in [5.41, 5.74) is -0.215. The molecule has 6 heteroatoms. The van der Waals surface area contributed by atoms with E-state index < -0.39 is 10.0 Å². The van der Waals surface area contributed by atoms with Crippen LogP contribution < -0.4 is 0 Å². The Labute approximate surface area is 132 Å². The van der Waals surface area contributed by atoms with E-state index in [2.05, 4.69) is 0 Å². The van der Waals surface area contributed by atoms with Crippen molar-refractivity contribution in [3.05, 3.63) is 30.3 Å². The minimum Gasteiger partial charge on any atom is -0.384 e. The molecule has 2 atom stereocenters. The molecule has 0 amide bonds. The summed E-state index contributed by atoms with van der Waals surface area (Å²) in [5, 5.41) is 0. The largest absolute Gasteiger partial charge is 0.384 e. The van der Waals surface area contributed by atoms with Crippen LogP contribution in [-0.4, -0.2) is 52.2 Å². The van der Waals surface area contributed by atoms with Crippen LogP contribution in [0.3, 0.4) is 0 Å². The Balaban J connectivity index is 1.87. The van der Waals surface area contributed by atoms with Crippen LogP contribution in [0.1, 0.15) is 19.3 Å². The van der Waals surface area contributed by atoms with Crippen LogP contribution in [0.2, 0.25) is 0 Å². The Morgan fingerprint density at radius 1 is 1.36 bits per heavy atom. The normalized spacial score (nSPS) is 30.0. The standard InChI is InChI=1S/C16H23NO4S/c1-20-13-16-9-5-11-21-15(16)8-10-17(12-16)22(18,19)14-6-3-2-4-7-14/h2-4,6-7,15H,5,8-13H2,1H3/t15-,16-/m0/s1. The van der Waals surface area contributed by atoms with Gasteiger partial charge in [-0.2, -0.15) is 4.31 Å². The average molecular weight is 325 g/mol. The summed E-state index contributed by atoms with van der Waals surface area (Å²) in [7, 11) is -1.78. The molecule has 2 saturated heterocycles. The van der Waals surface area contributed by atoms with Crippen molar-refractivity contribution in [3.63, 3.8) is 0 Å². The monoisotopic (exact) mass is 325 g/mol. The smallest absolute Gasteiger partial charge is 0.243 e. The molecule has 122 valence electrons. The molecule has 0 N–H and O–H groups in total. The molecule has 1 aromatic carbocycles. The number of sulfonamides is 1. The number of fused-ring (bicyclic) bond motifs is 1. The summed E-state index contributed by atoms with van der Waals surface area (Å²) >= 11 is 0. The van der Waals surface area contributed by atoms with E-state index >= 15 is 0 Å². The number of methoxy groups -OCH3 is 1. The number of ether oxygens (including phenoxy) is 2. The van der Waals surface area contributed by atoms with E-state index in [1.807, 2.05) is 6.07 Å². The van der Waals surface area contributed by atoms with Gasteiger partial charge in [-0.25, -0.2) is 8.42 Å². The van der Waals surface area contributed by atoms with E-state index in [1.54, 1.807) is 35.7 Å². The second-order valence-corrected chi connectivity index (χ2v) is 8.14. The van der Waals surface area contributed by atoms with Crippen LogP contribution in [0.5, 0.6) is 0 Å². The molecule has 0 aromatic heterocycles. The molecule has 22 heavy (non-hydrogen) atoms. The van der Waals surface area contributed by atoms with Crippen molar-refractivity contribution >= 4 is 10.0 Å². The first kappa shape index (κ1) is 15.9. The number of hydrogen-bond donors (Lipinski definition) is 0. The SMILES string of the molecule is COC[C@@]12CCCO[C@H]1CCN(S(=O)(=O)c1ccccc1)C2. The Morgan fingerprint density at radius 2 is 2.14 bits per heavy atom. The fourth-order valence-corrected chi connectivity index (χ4v) is 5.27. The number of rotatable bonds is 4. The minimum atomic E-state index is -3.45. The molecule has 2 aliphatic heterocycles. The van der Waals surface area contributed by atoms with Crippen LogP contribution in [0.25, 0.3) is 0 Å². The Hall–Kier alpha value is -0.950. The van der Waals surface area contributed by atoms with Gasteiger partial charge < -0.3 is 9.47 Å². The molecule has 0 aliphatic carbocycles. The van der Waals surface area contributed by atoms with Gasteiger partial charge in [0, 0.05) is 32.2 Å². The Bertz CT molecular complexity index is 600. The fourth-order valence-electron chi connectivity index (χ4n) is 3.69. The van der Waals surface area contributed by atoms with Gasteiger partial charge in [0.25, 0.3) is 0 Å². The molecular weight excluding hydrogens is 302 g/mol. The van der Waals surface area contributed by atoms with Gasteiger partial charge >= 0.3 is 0 Å². The lowest BCUT2D eigenvalue weighted by molar-refractivity contribution is -0.137. The van der Waals surface area contributed by atoms with Gasteiger partial charge in [-0.3, -0.25) is 0 Å². The van der Waals surface area contributed by atoms with Crippen molar-refractivity contribution in [2.75, 3.05) is 33.4 Å². The van der Waals surface area contributed by atoms with E-state index in [0.29, 0.717) is 24.6 Å². The maximum atomic E-state index is 12.9. The summed E-state index contributed by atoms with van der Waals surface area (Å²) in [6.07, 6.45) is 2.74. The van der Waals surface area contributed by atoms with Crippen LogP contribution in [0, 0.1) is 5.41 Å². The van der Waals surface area contributed by atoms with Crippen LogP contribution in [0.15, 0.2) is 35.2 Å². The summed E-state index contributed by atoms with van der Waals surface area (Å²) in [5.74, 6) is 0. The zero-order valence-electron chi connectivity index (χ0n) is 12.9. The summed E-state index contributed by atoms with van der Waals surface area (Å²) in [6, 6.07) is 8.65. The molecule has 2 aliphatic rings. The minimum absolute atomic E-state index is 0.100. The van der Waals surface area contributed by atoms with E-state index in [4.69, 9.17) is 9.47 Å². The van der Waals surface area contributed by atoms with Crippen LogP contribution >= 0.6 is 0 Å². The van der Waals surface area contributed by atoms with Crippen LogP contribution in [0.4, 0.5) is 0 Å². The predicted molar refractivity (Wildman–Crippen MR) is 83.1 cm³/mol. The molecule has 0 spiro atoms. The third kappa shape index (κ3) is 2.80. The number of nitrogens with zero attached hydrogens (tertiary/aromatic N) is 1. The molecule has 0 unspecified atom stereocenters. The van der Waals surface area contributed by atoms with Gasteiger partial charge in [-0.1, -0.05) is 18.2 Å². The van der Waals surface area contributed by atoms with Crippen LogP contribution in [-0.2, 0) is 19.5 Å². The van der Waals surface area contributed by atoms with E-state index in [0.717, 1.165) is 25.9 Å². The molecule has 0 bridgehead atoms. The molecule has 0 radical (unpaired) electrons. The molecule has 2 heterocycles. The van der Waals surface area contributed by atoms with Gasteiger partial charge in [0.15, 0.2) is 0 Å². The van der Waals surface area contributed by atoms with Crippen molar-refractivity contribution in [1.82, 2.24) is 4.31 Å². The van der Waals surface area contributed by atoms with Crippen molar-refractivity contribution in [1.29, 1.82) is 0 Å². The van der Waals surface area contributed by atoms with Gasteiger partial charge in [-0.05, 0) is 31.4 Å². The van der Waals surface area contributed by atoms with Gasteiger partial charge in [0.2, 0.25) is 10.0 Å². The first-order valence-electron chi connectivity index (χ1n) is 7.74. The number of piperidine rings is 1. The predicted octanol–water partition coefficient (Wildman–Crippen LogP) is 1.89. The summed E-state index contributed by atoms with van der Waals surface area (Å²) in [6.45, 7) is 2.29. The highest BCUT2D eigenvalue weighted by atomic mass is 32.2. The third-order valence-electron chi connectivity index (χ3n) is 4.77. The maximum Gasteiger partial charge on any atom is 0.243 e. The van der Waals surface area contributed by atoms with E-state index in [-0.39, 0.29) is 11.5 Å². The molecule has 0 saturated carbocycles. The second kappa shape index (κ2) is 6.28. The Morgan fingerprint density at radius 3 is 2.86 bits per heavy atom. The fraction of sp³-hybridized carbons (Fsp3) is 0.625. The molecular formula is C16H23NO4S. The molecule has 3 rings (SSSR count). The molecule has 1 aromatic rings. The van der Waals surface area contributed by atoms with Gasteiger partial charge in [-0.15, -0.1) is 0 Å². The highest BCUT2D eigenvalue weighted by Crippen LogP contribution is 2.41. The molecule has 2 fully saturated rings. The van der Waals surface area contributed by atoms with E-state index in [1.165, 1.54) is 0 Å². The second-order valence-electron chi connectivity index (χ2n) is 6.20. The number of hydrogen-bond acceptors (Lipinski definition) is 4. The summed E-state index contributed by atoms with van der Waals surface area (Å²) < 4.78 is 38.6. The van der Waals surface area contributed by atoms with Crippen molar-refractivity contribution in [2.45, 2.75) is 30.3 Å². The highest BCUT2D eigenvalue weighted by molar-refractivity contribution is 7.89. The third-order valence-corrected chi connectivity index (χ3v) is 6.63. The molecule has 5 nitrogen and oxygen atoms in total. The Kier molecular flexibility index (Phi) is 4.54. The van der Waals surface area contributed by atoms with E-state index in [9.17, 15) is 8.42 Å². The van der Waals surface area contributed by atoms with Gasteiger partial charge in [0.1, 0.15) is 0 Å². The lowest BCUT2D eigenvalue weighted by Gasteiger charge is -2.49. The first-order valence-corrected chi connectivity index (χ1v) is 9.18. The highest BCUT2D eigenvalue weighted by Gasteiger charge is 2.48. The van der Waals surface area contributed by atoms with Crippen molar-refractivity contribution in [2.24, 2.45) is 5.41 Å². The maximum absolute atomic E-state index is 12.9. The summed E-state index contributed by atoms with van der Waals surface area (Å²) in [4.78, 5) is 0.359. The van der Waals surface area contributed by atoms with Crippen molar-refractivity contribution < 1.29 is 17.9 Å².